The molecule has 2 N–H and O–H groups in total. The van der Waals surface area contributed by atoms with Crippen molar-refractivity contribution in [2.24, 2.45) is 4.99 Å². The molecule has 0 saturated carbocycles. The Kier molecular flexibility index (Phi) is 9.19. The molecule has 4 aromatic carbocycles. The molecule has 0 fully saturated rings. The third-order valence-electron chi connectivity index (χ3n) is 5.35. The summed E-state index contributed by atoms with van der Waals surface area (Å²) in [6, 6.07) is 30.4. The number of nitrogens with zero attached hydrogens (tertiary/aromatic N) is 1. The van der Waals surface area contributed by atoms with Crippen LogP contribution in [0.1, 0.15) is 18.1 Å². The Bertz CT molecular complexity index is 1480. The molecular weight excluding hydrogens is 495 g/mol. The van der Waals surface area contributed by atoms with Crippen LogP contribution in [-0.4, -0.2) is 50.1 Å². The first-order valence-electron chi connectivity index (χ1n) is 11.6. The SMILES string of the molecule is CC(=O)O.O=C1N=C(Nc2cc[c]([Na])cc2)S/C1=C\c1ccc2ccccc2c1OCc1ccccc1. The Morgan fingerprint density at radius 1 is 1.00 bits per heavy atom. The van der Waals surface area contributed by atoms with Crippen molar-refractivity contribution in [3.8, 4) is 5.75 Å². The molecule has 5 rings (SSSR count). The molecule has 0 aromatic heterocycles. The molecule has 1 amide bonds. The van der Waals surface area contributed by atoms with Crippen LogP contribution in [0.5, 0.6) is 5.75 Å². The first-order valence-corrected chi connectivity index (χ1v) is 13.4. The number of ether oxygens (including phenoxy) is 1. The van der Waals surface area contributed by atoms with E-state index in [4.69, 9.17) is 14.6 Å². The van der Waals surface area contributed by atoms with Crippen LogP contribution in [0.4, 0.5) is 5.69 Å². The van der Waals surface area contributed by atoms with Crippen molar-refractivity contribution < 1.29 is 19.4 Å². The van der Waals surface area contributed by atoms with Crippen LogP contribution in [0, 0.1) is 0 Å². The summed E-state index contributed by atoms with van der Waals surface area (Å²) in [6.45, 7) is 1.53. The van der Waals surface area contributed by atoms with Crippen LogP contribution in [0.15, 0.2) is 101 Å². The van der Waals surface area contributed by atoms with Gasteiger partial charge in [0.2, 0.25) is 0 Å². The van der Waals surface area contributed by atoms with Gasteiger partial charge in [-0.3, -0.25) is 4.79 Å². The standard InChI is InChI=1S/C27H19N2O2S.C2H4O2.Na/c30-26-24(32-27(29-26)28-22-12-5-2-6-13-22)17-21-16-15-20-11-7-8-14-23(20)25(21)31-18-19-9-3-1-4-10-19;1-2(3)4;/h1,3-17H,18H2,(H,28,29,30);1H3,(H,3,4);/b24-17-;;. The third kappa shape index (κ3) is 7.57. The van der Waals surface area contributed by atoms with Gasteiger partial charge in [0, 0.05) is 6.92 Å². The summed E-state index contributed by atoms with van der Waals surface area (Å²) in [6.07, 6.45) is 1.87. The summed E-state index contributed by atoms with van der Waals surface area (Å²) in [7, 11) is 0. The summed E-state index contributed by atoms with van der Waals surface area (Å²) in [5.74, 6) is -0.314. The number of nitrogens with one attached hydrogen (secondary N) is 1. The molecule has 1 aliphatic heterocycles. The number of carboxylic acid groups (broad SMARTS) is 1. The first kappa shape index (κ1) is 26.7. The molecule has 180 valence electrons. The van der Waals surface area contributed by atoms with Crippen LogP contribution in [0.2, 0.25) is 0 Å². The summed E-state index contributed by atoms with van der Waals surface area (Å²) in [5, 5.41) is 13.3. The summed E-state index contributed by atoms with van der Waals surface area (Å²) >= 11 is 2.35. The Hall–Kier alpha value is -3.36. The van der Waals surface area contributed by atoms with Crippen LogP contribution in [-0.2, 0) is 16.2 Å². The molecule has 0 radical (unpaired) electrons. The molecule has 0 atom stereocenters. The van der Waals surface area contributed by atoms with E-state index >= 15 is 0 Å². The Morgan fingerprint density at radius 3 is 2.41 bits per heavy atom. The number of anilines is 1. The summed E-state index contributed by atoms with van der Waals surface area (Å²) in [5.41, 5.74) is 2.87. The van der Waals surface area contributed by atoms with Gasteiger partial charge in [-0.1, -0.05) is 54.6 Å². The zero-order valence-corrected chi connectivity index (χ0v) is 23.3. The van der Waals surface area contributed by atoms with Crippen LogP contribution < -0.4 is 12.9 Å². The van der Waals surface area contributed by atoms with Crippen LogP contribution >= 0.6 is 11.8 Å². The van der Waals surface area contributed by atoms with E-state index in [9.17, 15) is 4.79 Å². The van der Waals surface area contributed by atoms with Crippen LogP contribution in [0.3, 0.4) is 0 Å². The van der Waals surface area contributed by atoms with Crippen molar-refractivity contribution in [3.05, 3.63) is 107 Å². The van der Waals surface area contributed by atoms with Gasteiger partial charge < -0.3 is 5.11 Å². The minimum atomic E-state index is -0.833. The van der Waals surface area contributed by atoms with Gasteiger partial charge in [-0.25, -0.2) is 0 Å². The Labute approximate surface area is 236 Å². The van der Waals surface area contributed by atoms with Crippen LogP contribution in [0.25, 0.3) is 16.8 Å². The van der Waals surface area contributed by atoms with Gasteiger partial charge in [-0.05, 0) is 10.9 Å². The van der Waals surface area contributed by atoms with E-state index < -0.39 is 5.97 Å². The topological polar surface area (TPSA) is 88.0 Å². The van der Waals surface area contributed by atoms with Gasteiger partial charge in [-0.2, -0.15) is 0 Å². The fraction of sp³-hybridized carbons (Fsp3) is 0.0690. The molecule has 6 nitrogen and oxygen atoms in total. The van der Waals surface area contributed by atoms with Crippen molar-refractivity contribution in [1.29, 1.82) is 0 Å². The number of carbonyl (C=O) groups is 2. The van der Waals surface area contributed by atoms with Gasteiger partial charge >= 0.3 is 143 Å². The fourth-order valence-corrected chi connectivity index (χ4v) is 4.79. The van der Waals surface area contributed by atoms with Gasteiger partial charge in [0.05, 0.1) is 0 Å². The van der Waals surface area contributed by atoms with E-state index in [0.29, 0.717) is 16.7 Å². The number of carbonyl (C=O) groups excluding carboxylic acids is 1. The molecule has 1 aliphatic rings. The summed E-state index contributed by atoms with van der Waals surface area (Å²) in [4.78, 5) is 26.4. The molecule has 0 unspecified atom stereocenters. The number of aliphatic imine (C=N–C) groups is 1. The normalized spacial score (nSPS) is 13.6. The maximum atomic E-state index is 12.6. The molecule has 0 saturated heterocycles. The molecule has 4 aromatic rings. The quantitative estimate of drug-likeness (QED) is 0.272. The second kappa shape index (κ2) is 12.7. The number of hydrogen-bond acceptors (Lipinski definition) is 5. The Morgan fingerprint density at radius 2 is 1.68 bits per heavy atom. The van der Waals surface area contributed by atoms with Crippen molar-refractivity contribution >= 4 is 82.1 Å². The second-order valence-electron chi connectivity index (χ2n) is 8.32. The number of fused-ring (bicyclic) bond motifs is 1. The number of aliphatic carboxylic acids is 1. The molecular formula is C29H23N2NaO4S. The fourth-order valence-electron chi connectivity index (χ4n) is 3.63. The molecule has 1 heterocycles. The van der Waals surface area contributed by atoms with E-state index in [-0.39, 0.29) is 5.91 Å². The smallest absolute Gasteiger partial charge is 0.0622 e. The zero-order chi connectivity index (χ0) is 26.2. The van der Waals surface area contributed by atoms with Crippen molar-refractivity contribution in [2.45, 2.75) is 13.5 Å². The van der Waals surface area contributed by atoms with E-state index in [1.807, 2.05) is 72.8 Å². The van der Waals surface area contributed by atoms with Gasteiger partial charge in [0.25, 0.3) is 5.97 Å². The molecule has 37 heavy (non-hydrogen) atoms. The zero-order valence-electron chi connectivity index (χ0n) is 20.5. The first-order chi connectivity index (χ1) is 17.9. The minimum absolute atomic E-state index is 0.246. The van der Waals surface area contributed by atoms with Gasteiger partial charge in [0.15, 0.2) is 0 Å². The monoisotopic (exact) mass is 518 g/mol. The molecule has 8 heteroatoms. The predicted octanol–water partition coefficient (Wildman–Crippen LogP) is 5.39. The van der Waals surface area contributed by atoms with Crippen molar-refractivity contribution in [3.63, 3.8) is 0 Å². The number of benzene rings is 4. The molecule has 0 spiro atoms. The molecule has 0 bridgehead atoms. The van der Waals surface area contributed by atoms with Crippen molar-refractivity contribution in [2.75, 3.05) is 5.32 Å². The number of thioether (sulfide) groups is 1. The maximum absolute atomic E-state index is 12.6. The summed E-state index contributed by atoms with van der Waals surface area (Å²) < 4.78 is 7.62. The molecule has 0 aliphatic carbocycles. The predicted molar refractivity (Wildman–Crippen MR) is 151 cm³/mol. The average Bonchev–Trinajstić information content (AvgIpc) is 3.23. The van der Waals surface area contributed by atoms with E-state index in [0.717, 1.165) is 68.2 Å². The van der Waals surface area contributed by atoms with E-state index in [1.165, 1.54) is 14.6 Å². The minimum Gasteiger partial charge on any atom is -0.0622 e. The Balaban J connectivity index is 0.000000747. The second-order valence-corrected chi connectivity index (χ2v) is 10.5. The number of hydrogen-bond donors (Lipinski definition) is 2. The van der Waals surface area contributed by atoms with Gasteiger partial charge in [-0.15, -0.1) is 0 Å². The third-order valence-corrected chi connectivity index (χ3v) is 6.91. The number of amidine groups is 1. The van der Waals surface area contributed by atoms with Gasteiger partial charge in [0.1, 0.15) is 6.61 Å². The van der Waals surface area contributed by atoms with E-state index in [1.54, 1.807) is 0 Å². The number of carboxylic acids is 1. The van der Waals surface area contributed by atoms with E-state index in [2.05, 4.69) is 34.6 Å². The number of rotatable bonds is 5. The number of amides is 1. The van der Waals surface area contributed by atoms with Crippen molar-refractivity contribution in [1.82, 2.24) is 0 Å². The average molecular weight is 519 g/mol.